The number of para-hydroxylation sites is 1. The van der Waals surface area contributed by atoms with E-state index in [0.717, 1.165) is 17.8 Å². The van der Waals surface area contributed by atoms with Crippen molar-refractivity contribution in [2.45, 2.75) is 13.5 Å². The van der Waals surface area contributed by atoms with E-state index in [1.807, 2.05) is 30.3 Å². The lowest BCUT2D eigenvalue weighted by Gasteiger charge is -2.09. The first-order chi connectivity index (χ1) is 12.0. The summed E-state index contributed by atoms with van der Waals surface area (Å²) in [6.07, 6.45) is 1.17. The second-order valence-corrected chi connectivity index (χ2v) is 5.38. The molecule has 0 bridgehead atoms. The van der Waals surface area contributed by atoms with Gasteiger partial charge < -0.3 is 4.57 Å². The highest BCUT2D eigenvalue weighted by Crippen LogP contribution is 2.19. The molecule has 0 aliphatic carbocycles. The monoisotopic (exact) mass is 335 g/mol. The molecule has 0 spiro atoms. The highest BCUT2D eigenvalue weighted by Gasteiger charge is 2.18. The highest BCUT2D eigenvalue weighted by atomic mass is 16.6. The first-order valence-corrected chi connectivity index (χ1v) is 7.40. The van der Waals surface area contributed by atoms with E-state index in [2.05, 4.69) is 11.2 Å². The largest absolute Gasteiger partial charge is 0.303 e. The molecule has 0 atom stereocenters. The second kappa shape index (κ2) is 6.41. The van der Waals surface area contributed by atoms with Crippen molar-refractivity contribution in [2.24, 2.45) is 0 Å². The minimum atomic E-state index is -0.569. The Morgan fingerprint density at radius 3 is 2.60 bits per heavy atom. The van der Waals surface area contributed by atoms with Gasteiger partial charge in [0.25, 0.3) is 11.2 Å². The highest BCUT2D eigenvalue weighted by molar-refractivity contribution is 5.43. The maximum atomic E-state index is 12.1. The molecular weight excluding hydrogens is 322 g/mol. The second-order valence-electron chi connectivity index (χ2n) is 5.38. The number of nitro groups is 1. The van der Waals surface area contributed by atoms with E-state index in [4.69, 9.17) is 0 Å². The number of hydrogen-bond acceptors (Lipinski definition) is 5. The molecule has 0 amide bonds. The third-order valence-electron chi connectivity index (χ3n) is 3.77. The Bertz CT molecular complexity index is 1040. The van der Waals surface area contributed by atoms with Gasteiger partial charge >= 0.3 is 0 Å². The number of aromatic nitrogens is 3. The quantitative estimate of drug-likeness (QED) is 0.536. The summed E-state index contributed by atoms with van der Waals surface area (Å²) in [7, 11) is 0. The third kappa shape index (κ3) is 3.03. The van der Waals surface area contributed by atoms with Crippen LogP contribution in [0.15, 0.2) is 53.5 Å². The van der Waals surface area contributed by atoms with Crippen LogP contribution in [0.25, 0.3) is 5.69 Å². The SMILES string of the molecule is Cc1nn(-c2ccccc2)c(Cn2cc([N+](=O)[O-])ccc2=O)c1C#N. The summed E-state index contributed by atoms with van der Waals surface area (Å²) in [5.74, 6) is 0. The van der Waals surface area contributed by atoms with Crippen LogP contribution in [0.2, 0.25) is 0 Å². The Balaban J connectivity index is 2.15. The first-order valence-electron chi connectivity index (χ1n) is 7.40. The maximum Gasteiger partial charge on any atom is 0.285 e. The minimum Gasteiger partial charge on any atom is -0.303 e. The minimum absolute atomic E-state index is 0.000852. The zero-order valence-corrected chi connectivity index (χ0v) is 13.3. The normalized spacial score (nSPS) is 10.4. The number of benzene rings is 1. The first kappa shape index (κ1) is 16.1. The predicted molar refractivity (Wildman–Crippen MR) is 89.5 cm³/mol. The number of nitriles is 1. The van der Waals surface area contributed by atoms with Gasteiger partial charge in [-0.25, -0.2) is 4.68 Å². The molecule has 0 unspecified atom stereocenters. The van der Waals surface area contributed by atoms with Crippen molar-refractivity contribution in [3.8, 4) is 11.8 Å². The van der Waals surface area contributed by atoms with Crippen molar-refractivity contribution in [3.05, 3.63) is 86.1 Å². The smallest absolute Gasteiger partial charge is 0.285 e. The lowest BCUT2D eigenvalue weighted by Crippen LogP contribution is -2.21. The lowest BCUT2D eigenvalue weighted by atomic mass is 10.2. The predicted octanol–water partition coefficient (Wildman–Crippen LogP) is 2.17. The third-order valence-corrected chi connectivity index (χ3v) is 3.77. The molecule has 3 rings (SSSR count). The summed E-state index contributed by atoms with van der Waals surface area (Å²) in [5.41, 5.74) is 1.52. The van der Waals surface area contributed by atoms with E-state index >= 15 is 0 Å². The number of hydrogen-bond donors (Lipinski definition) is 0. The van der Waals surface area contributed by atoms with Crippen LogP contribution in [0.5, 0.6) is 0 Å². The van der Waals surface area contributed by atoms with Crippen molar-refractivity contribution >= 4 is 5.69 Å². The average molecular weight is 335 g/mol. The van der Waals surface area contributed by atoms with Crippen LogP contribution in [0, 0.1) is 28.4 Å². The molecule has 3 aromatic rings. The van der Waals surface area contributed by atoms with Gasteiger partial charge in [0.1, 0.15) is 6.07 Å². The molecule has 2 aromatic heterocycles. The molecule has 8 nitrogen and oxygen atoms in total. The molecule has 0 N–H and O–H groups in total. The van der Waals surface area contributed by atoms with Crippen molar-refractivity contribution in [3.63, 3.8) is 0 Å². The molecule has 124 valence electrons. The van der Waals surface area contributed by atoms with Crippen molar-refractivity contribution in [1.82, 2.24) is 14.3 Å². The Labute approximate surface area is 142 Å². The van der Waals surface area contributed by atoms with Crippen LogP contribution in [-0.4, -0.2) is 19.3 Å². The molecule has 8 heteroatoms. The zero-order chi connectivity index (χ0) is 18.0. The Morgan fingerprint density at radius 2 is 1.96 bits per heavy atom. The number of nitrogens with zero attached hydrogens (tertiary/aromatic N) is 5. The van der Waals surface area contributed by atoms with E-state index in [0.29, 0.717) is 17.0 Å². The molecule has 25 heavy (non-hydrogen) atoms. The zero-order valence-electron chi connectivity index (χ0n) is 13.3. The molecule has 1 aromatic carbocycles. The Kier molecular flexibility index (Phi) is 4.14. The summed E-state index contributed by atoms with van der Waals surface area (Å²) in [6, 6.07) is 13.6. The molecular formula is C17H13N5O3. The standard InChI is InChI=1S/C17H13N5O3/c1-12-15(9-18)16(21(19-12)13-5-3-2-4-6-13)11-20-10-14(22(24)25)7-8-17(20)23/h2-8,10H,11H2,1H3. The molecule has 0 aliphatic rings. The molecule has 0 saturated heterocycles. The summed E-state index contributed by atoms with van der Waals surface area (Å²) >= 11 is 0. The van der Waals surface area contributed by atoms with Gasteiger partial charge in [-0.15, -0.1) is 0 Å². The van der Waals surface area contributed by atoms with Gasteiger partial charge in [0.15, 0.2) is 0 Å². The van der Waals surface area contributed by atoms with Crippen molar-refractivity contribution < 1.29 is 4.92 Å². The van der Waals surface area contributed by atoms with E-state index in [1.165, 1.54) is 10.8 Å². The van der Waals surface area contributed by atoms with E-state index in [1.54, 1.807) is 11.6 Å². The molecule has 2 heterocycles. The van der Waals surface area contributed by atoms with E-state index < -0.39 is 10.5 Å². The summed E-state index contributed by atoms with van der Waals surface area (Å²) in [6.45, 7) is 1.71. The summed E-state index contributed by atoms with van der Waals surface area (Å²) < 4.78 is 2.79. The fraction of sp³-hybridized carbons (Fsp3) is 0.118. The van der Waals surface area contributed by atoms with Crippen LogP contribution in [0.1, 0.15) is 17.0 Å². The molecule has 0 saturated carbocycles. The van der Waals surface area contributed by atoms with E-state index in [9.17, 15) is 20.2 Å². The van der Waals surface area contributed by atoms with Gasteiger partial charge in [-0.3, -0.25) is 14.9 Å². The van der Waals surface area contributed by atoms with Gasteiger partial charge in [0, 0.05) is 12.1 Å². The van der Waals surface area contributed by atoms with Gasteiger partial charge in [0.2, 0.25) is 0 Å². The van der Waals surface area contributed by atoms with Gasteiger partial charge in [0.05, 0.1) is 40.3 Å². The topological polar surface area (TPSA) is 107 Å². The molecule has 0 fully saturated rings. The number of rotatable bonds is 4. The molecule has 0 aliphatic heterocycles. The van der Waals surface area contributed by atoms with Crippen LogP contribution in [-0.2, 0) is 6.54 Å². The van der Waals surface area contributed by atoms with Crippen LogP contribution < -0.4 is 5.56 Å². The lowest BCUT2D eigenvalue weighted by molar-refractivity contribution is -0.385. The summed E-state index contributed by atoms with van der Waals surface area (Å²) in [5, 5.41) is 24.8. The van der Waals surface area contributed by atoms with Gasteiger partial charge in [-0.1, -0.05) is 18.2 Å². The van der Waals surface area contributed by atoms with E-state index in [-0.39, 0.29) is 12.2 Å². The fourth-order valence-corrected chi connectivity index (χ4v) is 2.56. The average Bonchev–Trinajstić information content (AvgIpc) is 2.92. The van der Waals surface area contributed by atoms with Crippen LogP contribution in [0.4, 0.5) is 5.69 Å². The Morgan fingerprint density at radius 1 is 1.24 bits per heavy atom. The summed E-state index contributed by atoms with van der Waals surface area (Å²) in [4.78, 5) is 22.5. The van der Waals surface area contributed by atoms with Gasteiger partial charge in [-0.2, -0.15) is 10.4 Å². The van der Waals surface area contributed by atoms with Crippen LogP contribution >= 0.6 is 0 Å². The molecule has 0 radical (unpaired) electrons. The fourth-order valence-electron chi connectivity index (χ4n) is 2.56. The maximum absolute atomic E-state index is 12.1. The van der Waals surface area contributed by atoms with Crippen molar-refractivity contribution in [1.29, 1.82) is 5.26 Å². The van der Waals surface area contributed by atoms with Gasteiger partial charge in [-0.05, 0) is 19.1 Å². The Hall–Kier alpha value is -3.73. The number of pyridine rings is 1. The number of aryl methyl sites for hydroxylation is 1. The van der Waals surface area contributed by atoms with Crippen molar-refractivity contribution in [2.75, 3.05) is 0 Å². The van der Waals surface area contributed by atoms with Crippen LogP contribution in [0.3, 0.4) is 0 Å².